The molecule has 0 atom stereocenters. The van der Waals surface area contributed by atoms with E-state index in [9.17, 15) is 0 Å². The highest BCUT2D eigenvalue weighted by Crippen LogP contribution is 2.33. The maximum atomic E-state index is 5.96. The Morgan fingerprint density at radius 1 is 1.33 bits per heavy atom. The summed E-state index contributed by atoms with van der Waals surface area (Å²) < 4.78 is 7.30. The molecule has 2 aromatic rings. The van der Waals surface area contributed by atoms with Crippen LogP contribution in [0.2, 0.25) is 10.0 Å². The van der Waals surface area contributed by atoms with Crippen molar-refractivity contribution in [3.63, 3.8) is 0 Å². The Hall–Kier alpha value is -1.39. The first-order valence-corrected chi connectivity index (χ1v) is 6.22. The number of ether oxygens (including phenoxy) is 1. The number of aryl methyl sites for hydroxylation is 2. The molecule has 6 heteroatoms. The molecule has 0 spiro atoms. The zero-order chi connectivity index (χ0) is 13.3. The first-order valence-electron chi connectivity index (χ1n) is 5.47. The van der Waals surface area contributed by atoms with Gasteiger partial charge in [-0.25, -0.2) is 4.68 Å². The van der Waals surface area contributed by atoms with Crippen molar-refractivity contribution in [2.75, 3.05) is 5.73 Å². The van der Waals surface area contributed by atoms with Gasteiger partial charge in [0, 0.05) is 13.1 Å². The normalized spacial score (nSPS) is 10.7. The maximum Gasteiger partial charge on any atom is 0.241 e. The lowest BCUT2D eigenvalue weighted by Gasteiger charge is -2.07. The Bertz CT molecular complexity index is 581. The molecule has 0 saturated carbocycles. The topological polar surface area (TPSA) is 53.1 Å². The van der Waals surface area contributed by atoms with Crippen molar-refractivity contribution >= 4 is 28.9 Å². The first-order chi connectivity index (χ1) is 8.52. The Morgan fingerprint density at radius 2 is 2.06 bits per heavy atom. The molecule has 0 unspecified atom stereocenters. The fourth-order valence-electron chi connectivity index (χ4n) is 1.61. The highest BCUT2D eigenvalue weighted by molar-refractivity contribution is 6.42. The van der Waals surface area contributed by atoms with Crippen molar-refractivity contribution in [2.45, 2.75) is 13.3 Å². The third-order valence-corrected chi connectivity index (χ3v) is 3.29. The number of nitrogens with zero attached hydrogens (tertiary/aromatic N) is 2. The van der Waals surface area contributed by atoms with Gasteiger partial charge in [-0.1, -0.05) is 30.1 Å². The number of nitrogens with two attached hydrogens (primary N) is 1. The number of hydrogen-bond acceptors (Lipinski definition) is 3. The van der Waals surface area contributed by atoms with Gasteiger partial charge >= 0.3 is 0 Å². The number of nitrogen functional groups attached to an aromatic ring is 1. The van der Waals surface area contributed by atoms with Crippen molar-refractivity contribution < 1.29 is 4.74 Å². The Morgan fingerprint density at radius 3 is 2.61 bits per heavy atom. The molecule has 18 heavy (non-hydrogen) atoms. The molecule has 0 aliphatic carbocycles. The molecule has 4 nitrogen and oxygen atoms in total. The van der Waals surface area contributed by atoms with Gasteiger partial charge in [-0.3, -0.25) is 0 Å². The maximum absolute atomic E-state index is 5.96. The van der Waals surface area contributed by atoms with E-state index in [1.165, 1.54) is 0 Å². The number of anilines is 1. The predicted molar refractivity (Wildman–Crippen MR) is 73.5 cm³/mol. The summed E-state index contributed by atoms with van der Waals surface area (Å²) in [5.74, 6) is 1.08. The van der Waals surface area contributed by atoms with E-state index in [2.05, 4.69) is 5.10 Å². The average molecular weight is 286 g/mol. The van der Waals surface area contributed by atoms with Gasteiger partial charge in [0.15, 0.2) is 0 Å². The minimum absolute atomic E-state index is 0.436. The van der Waals surface area contributed by atoms with Gasteiger partial charge in [-0.15, -0.1) is 0 Å². The van der Waals surface area contributed by atoms with Crippen molar-refractivity contribution in [2.24, 2.45) is 7.05 Å². The monoisotopic (exact) mass is 285 g/mol. The van der Waals surface area contributed by atoms with Crippen LogP contribution >= 0.6 is 23.2 Å². The van der Waals surface area contributed by atoms with Gasteiger partial charge in [0.1, 0.15) is 11.4 Å². The number of benzene rings is 1. The smallest absolute Gasteiger partial charge is 0.241 e. The number of rotatable bonds is 3. The summed E-state index contributed by atoms with van der Waals surface area (Å²) in [6, 6.07) is 5.04. The third-order valence-electron chi connectivity index (χ3n) is 2.55. The molecule has 2 rings (SSSR count). The van der Waals surface area contributed by atoms with Crippen molar-refractivity contribution in [1.82, 2.24) is 9.78 Å². The molecule has 1 aromatic heterocycles. The molecule has 96 valence electrons. The quantitative estimate of drug-likeness (QED) is 0.936. The summed E-state index contributed by atoms with van der Waals surface area (Å²) in [5.41, 5.74) is 7.32. The summed E-state index contributed by atoms with van der Waals surface area (Å²) in [6.07, 6.45) is 0.754. The summed E-state index contributed by atoms with van der Waals surface area (Å²) >= 11 is 11.8. The Balaban J connectivity index is 2.33. The van der Waals surface area contributed by atoms with E-state index in [-0.39, 0.29) is 0 Å². The van der Waals surface area contributed by atoms with E-state index < -0.39 is 0 Å². The Kier molecular flexibility index (Phi) is 3.68. The van der Waals surface area contributed by atoms with Gasteiger partial charge in [-0.2, -0.15) is 5.10 Å². The van der Waals surface area contributed by atoms with E-state index in [0.29, 0.717) is 27.4 Å². The van der Waals surface area contributed by atoms with Crippen LogP contribution in [0, 0.1) is 0 Å². The second kappa shape index (κ2) is 5.08. The summed E-state index contributed by atoms with van der Waals surface area (Å²) in [6.45, 7) is 1.99. The minimum Gasteiger partial charge on any atom is -0.437 e. The van der Waals surface area contributed by atoms with E-state index in [1.54, 1.807) is 29.9 Å². The lowest BCUT2D eigenvalue weighted by molar-refractivity contribution is 0.432. The largest absolute Gasteiger partial charge is 0.437 e. The molecule has 0 aliphatic heterocycles. The SMILES string of the molecule is CCc1nn(C)c(Oc2ccc(Cl)c(Cl)c2)c1N. The van der Waals surface area contributed by atoms with E-state index >= 15 is 0 Å². The van der Waals surface area contributed by atoms with Gasteiger partial charge in [-0.05, 0) is 18.6 Å². The molecule has 1 aromatic carbocycles. The number of aromatic nitrogens is 2. The van der Waals surface area contributed by atoms with Crippen LogP contribution in [-0.2, 0) is 13.5 Å². The molecule has 0 amide bonds. The van der Waals surface area contributed by atoms with Crippen LogP contribution < -0.4 is 10.5 Å². The summed E-state index contributed by atoms with van der Waals surface area (Å²) in [7, 11) is 1.78. The number of halogens is 2. The van der Waals surface area contributed by atoms with Crippen molar-refractivity contribution in [3.05, 3.63) is 33.9 Å². The Labute approximate surface area is 115 Å². The molecular formula is C12H13Cl2N3O. The van der Waals surface area contributed by atoms with Gasteiger partial charge < -0.3 is 10.5 Å². The van der Waals surface area contributed by atoms with Crippen LogP contribution in [0.1, 0.15) is 12.6 Å². The van der Waals surface area contributed by atoms with Crippen LogP contribution in [0.3, 0.4) is 0 Å². The summed E-state index contributed by atoms with van der Waals surface area (Å²) in [4.78, 5) is 0. The second-order valence-electron chi connectivity index (χ2n) is 3.82. The van der Waals surface area contributed by atoms with Crippen LogP contribution in [0.4, 0.5) is 5.69 Å². The lowest BCUT2D eigenvalue weighted by atomic mass is 10.3. The van der Waals surface area contributed by atoms with Crippen molar-refractivity contribution in [3.8, 4) is 11.6 Å². The molecule has 0 bridgehead atoms. The zero-order valence-electron chi connectivity index (χ0n) is 10.1. The fourth-order valence-corrected chi connectivity index (χ4v) is 1.90. The van der Waals surface area contributed by atoms with E-state index in [4.69, 9.17) is 33.7 Å². The molecule has 2 N–H and O–H groups in total. The second-order valence-corrected chi connectivity index (χ2v) is 4.64. The molecule has 1 heterocycles. The molecule has 0 aliphatic rings. The molecular weight excluding hydrogens is 273 g/mol. The average Bonchev–Trinajstić information content (AvgIpc) is 2.61. The standard InChI is InChI=1S/C12H13Cl2N3O/c1-3-10-11(15)12(17(2)16-10)18-7-4-5-8(13)9(14)6-7/h4-6H,3,15H2,1-2H3. The third kappa shape index (κ3) is 2.40. The predicted octanol–water partition coefficient (Wildman–Crippen LogP) is 3.66. The molecule has 0 radical (unpaired) electrons. The van der Waals surface area contributed by atoms with E-state index in [0.717, 1.165) is 12.1 Å². The fraction of sp³-hybridized carbons (Fsp3) is 0.250. The number of hydrogen-bond donors (Lipinski definition) is 1. The summed E-state index contributed by atoms with van der Waals surface area (Å²) in [5, 5.41) is 5.19. The minimum atomic E-state index is 0.436. The van der Waals surface area contributed by atoms with Gasteiger partial charge in [0.2, 0.25) is 5.88 Å². The zero-order valence-corrected chi connectivity index (χ0v) is 11.6. The molecule has 0 fully saturated rings. The van der Waals surface area contributed by atoms with Gasteiger partial charge in [0.25, 0.3) is 0 Å². The molecule has 0 saturated heterocycles. The van der Waals surface area contributed by atoms with E-state index in [1.807, 2.05) is 6.92 Å². The first kappa shape index (κ1) is 13.1. The van der Waals surface area contributed by atoms with Gasteiger partial charge in [0.05, 0.1) is 15.7 Å². The van der Waals surface area contributed by atoms with Crippen LogP contribution in [-0.4, -0.2) is 9.78 Å². The van der Waals surface area contributed by atoms with Crippen molar-refractivity contribution in [1.29, 1.82) is 0 Å². The highest BCUT2D eigenvalue weighted by Gasteiger charge is 2.14. The van der Waals surface area contributed by atoms with Crippen LogP contribution in [0.15, 0.2) is 18.2 Å². The van der Waals surface area contributed by atoms with Crippen LogP contribution in [0.5, 0.6) is 11.6 Å². The highest BCUT2D eigenvalue weighted by atomic mass is 35.5. The lowest BCUT2D eigenvalue weighted by Crippen LogP contribution is -1.97. The van der Waals surface area contributed by atoms with Crippen LogP contribution in [0.25, 0.3) is 0 Å².